The molecule has 1 aliphatic rings. The summed E-state index contributed by atoms with van der Waals surface area (Å²) in [4.78, 5) is 7.22. The zero-order valence-electron chi connectivity index (χ0n) is 12.0. The first kappa shape index (κ1) is 12.5. The number of nitrogens with one attached hydrogen (secondary N) is 1. The average molecular weight is 258 g/mol. The van der Waals surface area contributed by atoms with Crippen LogP contribution in [0.1, 0.15) is 25.3 Å². The van der Waals surface area contributed by atoms with Crippen LogP contribution in [0.25, 0.3) is 11.0 Å². The van der Waals surface area contributed by atoms with E-state index < -0.39 is 0 Å². The predicted molar refractivity (Wildman–Crippen MR) is 79.9 cm³/mol. The second-order valence-electron chi connectivity index (χ2n) is 5.58. The molecule has 0 aliphatic carbocycles. The van der Waals surface area contributed by atoms with Gasteiger partial charge in [-0.15, -0.1) is 0 Å². The van der Waals surface area contributed by atoms with Crippen LogP contribution in [-0.2, 0) is 7.05 Å². The van der Waals surface area contributed by atoms with Crippen molar-refractivity contribution in [2.75, 3.05) is 31.1 Å². The molecule has 0 amide bonds. The van der Waals surface area contributed by atoms with E-state index >= 15 is 0 Å². The second-order valence-corrected chi connectivity index (χ2v) is 5.58. The van der Waals surface area contributed by atoms with Crippen molar-refractivity contribution in [3.8, 4) is 0 Å². The van der Waals surface area contributed by atoms with Crippen LogP contribution < -0.4 is 10.2 Å². The Kier molecular flexibility index (Phi) is 3.19. The van der Waals surface area contributed by atoms with Crippen molar-refractivity contribution in [3.05, 3.63) is 23.8 Å². The predicted octanol–water partition coefficient (Wildman–Crippen LogP) is 2.11. The van der Waals surface area contributed by atoms with Crippen LogP contribution in [0.4, 0.5) is 5.95 Å². The maximum atomic E-state index is 4.84. The molecule has 1 fully saturated rings. The number of para-hydroxylation sites is 1. The maximum absolute atomic E-state index is 4.84. The summed E-state index contributed by atoms with van der Waals surface area (Å²) in [7, 11) is 2.14. The number of piperazine rings is 1. The molecular formula is C15H22N4. The van der Waals surface area contributed by atoms with Crippen LogP contribution in [0.2, 0.25) is 0 Å². The highest BCUT2D eigenvalue weighted by Gasteiger charge is 2.19. The fourth-order valence-corrected chi connectivity index (χ4v) is 2.90. The van der Waals surface area contributed by atoms with E-state index in [1.54, 1.807) is 0 Å². The molecule has 1 saturated heterocycles. The van der Waals surface area contributed by atoms with E-state index in [2.05, 4.69) is 53.9 Å². The Morgan fingerprint density at radius 3 is 2.63 bits per heavy atom. The van der Waals surface area contributed by atoms with Crippen LogP contribution in [-0.4, -0.2) is 35.7 Å². The molecule has 2 aromatic rings. The Morgan fingerprint density at radius 1 is 1.21 bits per heavy atom. The summed E-state index contributed by atoms with van der Waals surface area (Å²) < 4.78 is 2.26. The molecule has 3 rings (SSSR count). The van der Waals surface area contributed by atoms with E-state index in [0.717, 1.165) is 37.6 Å². The Morgan fingerprint density at radius 2 is 1.95 bits per heavy atom. The minimum Gasteiger partial charge on any atom is -0.340 e. The molecule has 0 spiro atoms. The molecule has 1 aliphatic heterocycles. The number of imidazole rings is 1. The first-order valence-corrected chi connectivity index (χ1v) is 7.09. The highest BCUT2D eigenvalue weighted by atomic mass is 15.3. The fourth-order valence-electron chi connectivity index (χ4n) is 2.90. The zero-order chi connectivity index (χ0) is 13.4. The quantitative estimate of drug-likeness (QED) is 0.895. The van der Waals surface area contributed by atoms with Crippen molar-refractivity contribution >= 4 is 17.0 Å². The number of anilines is 1. The van der Waals surface area contributed by atoms with Crippen molar-refractivity contribution in [3.63, 3.8) is 0 Å². The largest absolute Gasteiger partial charge is 0.340 e. The first-order valence-electron chi connectivity index (χ1n) is 7.09. The van der Waals surface area contributed by atoms with Crippen LogP contribution in [0.15, 0.2) is 18.2 Å². The van der Waals surface area contributed by atoms with Gasteiger partial charge in [-0.3, -0.25) is 0 Å². The number of aromatic nitrogens is 2. The summed E-state index contributed by atoms with van der Waals surface area (Å²) in [5, 5.41) is 3.39. The summed E-state index contributed by atoms with van der Waals surface area (Å²) in [6.45, 7) is 8.64. The summed E-state index contributed by atoms with van der Waals surface area (Å²) in [6.07, 6.45) is 0. The molecule has 4 nitrogen and oxygen atoms in total. The number of hydrogen-bond donors (Lipinski definition) is 1. The zero-order valence-corrected chi connectivity index (χ0v) is 12.0. The molecule has 1 N–H and O–H groups in total. The van der Waals surface area contributed by atoms with Crippen LogP contribution in [0, 0.1) is 0 Å². The monoisotopic (exact) mass is 258 g/mol. The van der Waals surface area contributed by atoms with Gasteiger partial charge in [0.05, 0.1) is 11.0 Å². The van der Waals surface area contributed by atoms with Gasteiger partial charge >= 0.3 is 0 Å². The SMILES string of the molecule is CC(C)c1cccc2nc(N3CCNCC3)n(C)c12. The van der Waals surface area contributed by atoms with Gasteiger partial charge in [0.15, 0.2) is 0 Å². The molecule has 0 radical (unpaired) electrons. The highest BCUT2D eigenvalue weighted by Crippen LogP contribution is 2.28. The lowest BCUT2D eigenvalue weighted by Gasteiger charge is -2.28. The lowest BCUT2D eigenvalue weighted by atomic mass is 10.0. The van der Waals surface area contributed by atoms with Crippen LogP contribution in [0.5, 0.6) is 0 Å². The average Bonchev–Trinajstić information content (AvgIpc) is 2.77. The van der Waals surface area contributed by atoms with E-state index in [1.165, 1.54) is 11.1 Å². The van der Waals surface area contributed by atoms with Crippen molar-refractivity contribution in [2.24, 2.45) is 7.05 Å². The van der Waals surface area contributed by atoms with E-state index in [-0.39, 0.29) is 0 Å². The van der Waals surface area contributed by atoms with Gasteiger partial charge in [-0.1, -0.05) is 26.0 Å². The molecule has 4 heteroatoms. The van der Waals surface area contributed by atoms with Gasteiger partial charge in [0.25, 0.3) is 0 Å². The molecule has 1 aromatic carbocycles. The number of fused-ring (bicyclic) bond motifs is 1. The standard InChI is InChI=1S/C15H22N4/c1-11(2)12-5-4-6-13-14(12)18(3)15(17-13)19-9-7-16-8-10-19/h4-6,11,16H,7-10H2,1-3H3. The van der Waals surface area contributed by atoms with E-state index in [1.807, 2.05) is 0 Å². The molecular weight excluding hydrogens is 236 g/mol. The summed E-state index contributed by atoms with van der Waals surface area (Å²) >= 11 is 0. The maximum Gasteiger partial charge on any atom is 0.206 e. The van der Waals surface area contributed by atoms with Gasteiger partial charge in [-0.05, 0) is 17.5 Å². The van der Waals surface area contributed by atoms with Crippen LogP contribution >= 0.6 is 0 Å². The highest BCUT2D eigenvalue weighted by molar-refractivity contribution is 5.82. The lowest BCUT2D eigenvalue weighted by molar-refractivity contribution is 0.575. The molecule has 0 unspecified atom stereocenters. The Labute approximate surface area is 114 Å². The Balaban J connectivity index is 2.12. The van der Waals surface area contributed by atoms with E-state index in [4.69, 9.17) is 4.98 Å². The molecule has 0 bridgehead atoms. The third-order valence-electron chi connectivity index (χ3n) is 3.92. The number of nitrogens with zero attached hydrogens (tertiary/aromatic N) is 3. The van der Waals surface area contributed by atoms with Crippen molar-refractivity contribution in [2.45, 2.75) is 19.8 Å². The minimum absolute atomic E-state index is 0.523. The third kappa shape index (κ3) is 2.10. The molecule has 19 heavy (non-hydrogen) atoms. The smallest absolute Gasteiger partial charge is 0.206 e. The lowest BCUT2D eigenvalue weighted by Crippen LogP contribution is -2.44. The molecule has 0 saturated carbocycles. The molecule has 0 atom stereocenters. The molecule has 102 valence electrons. The van der Waals surface area contributed by atoms with Gasteiger partial charge in [-0.25, -0.2) is 4.98 Å². The number of aryl methyl sites for hydroxylation is 1. The van der Waals surface area contributed by atoms with Gasteiger partial charge in [0, 0.05) is 33.2 Å². The third-order valence-corrected chi connectivity index (χ3v) is 3.92. The van der Waals surface area contributed by atoms with Gasteiger partial charge in [-0.2, -0.15) is 0 Å². The van der Waals surface area contributed by atoms with Gasteiger partial charge in [0.1, 0.15) is 0 Å². The summed E-state index contributed by atoms with van der Waals surface area (Å²) in [5.74, 6) is 1.62. The second kappa shape index (κ2) is 4.85. The van der Waals surface area contributed by atoms with Crippen LogP contribution in [0.3, 0.4) is 0 Å². The first-order chi connectivity index (χ1) is 9.18. The number of rotatable bonds is 2. The van der Waals surface area contributed by atoms with E-state index in [0.29, 0.717) is 5.92 Å². The number of hydrogen-bond acceptors (Lipinski definition) is 3. The summed E-state index contributed by atoms with van der Waals surface area (Å²) in [5.41, 5.74) is 3.78. The van der Waals surface area contributed by atoms with Crippen molar-refractivity contribution in [1.82, 2.24) is 14.9 Å². The van der Waals surface area contributed by atoms with Gasteiger partial charge in [0.2, 0.25) is 5.95 Å². The molecule has 1 aromatic heterocycles. The number of benzene rings is 1. The Bertz CT molecular complexity index is 579. The fraction of sp³-hybridized carbons (Fsp3) is 0.533. The molecule has 2 heterocycles. The van der Waals surface area contributed by atoms with Gasteiger partial charge < -0.3 is 14.8 Å². The Hall–Kier alpha value is -1.55. The topological polar surface area (TPSA) is 33.1 Å². The normalized spacial score (nSPS) is 16.5. The summed E-state index contributed by atoms with van der Waals surface area (Å²) in [6, 6.07) is 6.45. The van der Waals surface area contributed by atoms with Crippen molar-refractivity contribution in [1.29, 1.82) is 0 Å². The minimum atomic E-state index is 0.523. The van der Waals surface area contributed by atoms with E-state index in [9.17, 15) is 0 Å². The van der Waals surface area contributed by atoms with Crippen molar-refractivity contribution < 1.29 is 0 Å².